The van der Waals surface area contributed by atoms with Gasteiger partial charge in [-0.25, -0.2) is 0 Å². The summed E-state index contributed by atoms with van der Waals surface area (Å²) in [6, 6.07) is 9.53. The summed E-state index contributed by atoms with van der Waals surface area (Å²) < 4.78 is 5.39. The molecule has 0 saturated heterocycles. The molecule has 0 saturated carbocycles. The Morgan fingerprint density at radius 2 is 1.78 bits per heavy atom. The predicted molar refractivity (Wildman–Crippen MR) is 105 cm³/mol. The van der Waals surface area contributed by atoms with E-state index in [2.05, 4.69) is 17.4 Å². The number of benzene rings is 2. The minimum absolute atomic E-state index is 0.0107. The number of nitro benzene ring substituents is 1. The summed E-state index contributed by atoms with van der Waals surface area (Å²) in [6.45, 7) is 6.44. The van der Waals surface area contributed by atoms with Crippen molar-refractivity contribution in [2.24, 2.45) is 0 Å². The number of hydrogen-bond acceptors (Lipinski definition) is 5. The Morgan fingerprint density at radius 3 is 2.26 bits per heavy atom. The average molecular weight is 371 g/mol. The first-order valence-corrected chi connectivity index (χ1v) is 8.62. The number of aryl methyl sites for hydroxylation is 2. The Labute approximate surface area is 159 Å². The number of ether oxygens (including phenoxy) is 1. The highest BCUT2D eigenvalue weighted by Crippen LogP contribution is 2.25. The Kier molecular flexibility index (Phi) is 6.52. The first-order valence-electron chi connectivity index (χ1n) is 8.62. The van der Waals surface area contributed by atoms with E-state index in [-0.39, 0.29) is 17.6 Å². The van der Waals surface area contributed by atoms with Gasteiger partial charge in [0.15, 0.2) is 0 Å². The zero-order valence-electron chi connectivity index (χ0n) is 16.3. The highest BCUT2D eigenvalue weighted by Gasteiger charge is 2.19. The lowest BCUT2D eigenvalue weighted by Gasteiger charge is -2.24. The zero-order chi connectivity index (χ0) is 20.1. The SMILES string of the molecule is COc1c(C)cc(CN(C)C(C)C(=O)Nc2ccc([N+](=O)[O-])cc2)cc1C. The number of anilines is 1. The fraction of sp³-hybridized carbons (Fsp3) is 0.350. The smallest absolute Gasteiger partial charge is 0.269 e. The summed E-state index contributed by atoms with van der Waals surface area (Å²) in [5.41, 5.74) is 3.74. The van der Waals surface area contributed by atoms with Gasteiger partial charge in [0.2, 0.25) is 5.91 Å². The molecule has 2 aromatic carbocycles. The highest BCUT2D eigenvalue weighted by molar-refractivity contribution is 5.94. The molecule has 2 rings (SSSR count). The molecule has 7 heteroatoms. The number of hydrogen-bond donors (Lipinski definition) is 1. The normalized spacial score (nSPS) is 11.9. The van der Waals surface area contributed by atoms with Gasteiger partial charge in [0, 0.05) is 24.4 Å². The molecule has 0 spiro atoms. The molecule has 2 aromatic rings. The largest absolute Gasteiger partial charge is 0.496 e. The second-order valence-corrected chi connectivity index (χ2v) is 6.65. The first-order chi connectivity index (χ1) is 12.7. The van der Waals surface area contributed by atoms with Crippen molar-refractivity contribution in [2.45, 2.75) is 33.4 Å². The minimum Gasteiger partial charge on any atom is -0.496 e. The van der Waals surface area contributed by atoms with E-state index in [1.807, 2.05) is 32.7 Å². The molecule has 1 amide bonds. The third kappa shape index (κ3) is 5.04. The van der Waals surface area contributed by atoms with Gasteiger partial charge >= 0.3 is 0 Å². The summed E-state index contributed by atoms with van der Waals surface area (Å²) in [4.78, 5) is 24.7. The minimum atomic E-state index is -0.471. The fourth-order valence-electron chi connectivity index (χ4n) is 2.99. The monoisotopic (exact) mass is 371 g/mol. The van der Waals surface area contributed by atoms with Crippen LogP contribution in [0.5, 0.6) is 5.75 Å². The van der Waals surface area contributed by atoms with Gasteiger partial charge < -0.3 is 10.1 Å². The van der Waals surface area contributed by atoms with Gasteiger partial charge in [0.1, 0.15) is 5.75 Å². The Morgan fingerprint density at radius 1 is 1.22 bits per heavy atom. The maximum absolute atomic E-state index is 12.5. The van der Waals surface area contributed by atoms with Crippen molar-refractivity contribution in [1.29, 1.82) is 0 Å². The highest BCUT2D eigenvalue weighted by atomic mass is 16.6. The van der Waals surface area contributed by atoms with Gasteiger partial charge in [-0.15, -0.1) is 0 Å². The summed E-state index contributed by atoms with van der Waals surface area (Å²) in [6.07, 6.45) is 0. The third-order valence-electron chi connectivity index (χ3n) is 4.54. The Bertz CT molecular complexity index is 811. The van der Waals surface area contributed by atoms with Gasteiger partial charge in [-0.1, -0.05) is 12.1 Å². The van der Waals surface area contributed by atoms with Crippen LogP contribution in [0, 0.1) is 24.0 Å². The van der Waals surface area contributed by atoms with Gasteiger partial charge in [0.05, 0.1) is 18.1 Å². The van der Waals surface area contributed by atoms with Crippen LogP contribution in [0.15, 0.2) is 36.4 Å². The summed E-state index contributed by atoms with van der Waals surface area (Å²) >= 11 is 0. The van der Waals surface area contributed by atoms with E-state index >= 15 is 0 Å². The molecular weight excluding hydrogens is 346 g/mol. The molecule has 1 atom stereocenters. The molecule has 0 aliphatic carbocycles. The van der Waals surface area contributed by atoms with Crippen LogP contribution in [-0.2, 0) is 11.3 Å². The Balaban J connectivity index is 2.02. The molecule has 0 heterocycles. The van der Waals surface area contributed by atoms with Crippen molar-refractivity contribution in [2.75, 3.05) is 19.5 Å². The maximum Gasteiger partial charge on any atom is 0.269 e. The van der Waals surface area contributed by atoms with E-state index in [9.17, 15) is 14.9 Å². The maximum atomic E-state index is 12.5. The fourth-order valence-corrected chi connectivity index (χ4v) is 2.99. The molecule has 27 heavy (non-hydrogen) atoms. The number of carbonyl (C=O) groups excluding carboxylic acids is 1. The van der Waals surface area contributed by atoms with Crippen molar-refractivity contribution in [1.82, 2.24) is 4.90 Å². The first kappa shape index (κ1) is 20.4. The summed E-state index contributed by atoms with van der Waals surface area (Å²) in [7, 11) is 3.54. The number of methoxy groups -OCH3 is 1. The predicted octanol–water partition coefficient (Wildman–Crippen LogP) is 3.68. The van der Waals surface area contributed by atoms with Crippen LogP contribution in [0.3, 0.4) is 0 Å². The molecule has 144 valence electrons. The van der Waals surface area contributed by atoms with Crippen molar-refractivity contribution < 1.29 is 14.5 Å². The number of rotatable bonds is 7. The van der Waals surface area contributed by atoms with Crippen LogP contribution < -0.4 is 10.1 Å². The van der Waals surface area contributed by atoms with E-state index < -0.39 is 4.92 Å². The molecule has 0 fully saturated rings. The van der Waals surface area contributed by atoms with Crippen LogP contribution in [-0.4, -0.2) is 35.9 Å². The summed E-state index contributed by atoms with van der Waals surface area (Å²) in [5, 5.41) is 13.5. The van der Waals surface area contributed by atoms with E-state index in [4.69, 9.17) is 4.74 Å². The van der Waals surface area contributed by atoms with Crippen molar-refractivity contribution >= 4 is 17.3 Å². The second kappa shape index (κ2) is 8.64. The quantitative estimate of drug-likeness (QED) is 0.593. The van der Waals surface area contributed by atoms with Crippen LogP contribution in [0.2, 0.25) is 0 Å². The lowest BCUT2D eigenvalue weighted by atomic mass is 10.0. The van der Waals surface area contributed by atoms with Crippen LogP contribution in [0.25, 0.3) is 0 Å². The third-order valence-corrected chi connectivity index (χ3v) is 4.54. The summed E-state index contributed by atoms with van der Waals surface area (Å²) in [5.74, 6) is 0.707. The van der Waals surface area contributed by atoms with Crippen LogP contribution in [0.4, 0.5) is 11.4 Å². The number of amides is 1. The molecule has 0 aliphatic rings. The molecular formula is C20H25N3O4. The lowest BCUT2D eigenvalue weighted by molar-refractivity contribution is -0.384. The van der Waals surface area contributed by atoms with Gasteiger partial charge in [-0.3, -0.25) is 19.8 Å². The molecule has 0 bridgehead atoms. The van der Waals surface area contributed by atoms with E-state index in [1.54, 1.807) is 7.11 Å². The number of nitrogens with zero attached hydrogens (tertiary/aromatic N) is 2. The van der Waals surface area contributed by atoms with Gasteiger partial charge in [0.25, 0.3) is 5.69 Å². The van der Waals surface area contributed by atoms with E-state index in [1.165, 1.54) is 24.3 Å². The number of likely N-dealkylation sites (N-methyl/N-ethyl adjacent to an activating group) is 1. The zero-order valence-corrected chi connectivity index (χ0v) is 16.3. The molecule has 0 radical (unpaired) electrons. The number of carbonyl (C=O) groups is 1. The topological polar surface area (TPSA) is 84.7 Å². The van der Waals surface area contributed by atoms with E-state index in [0.717, 1.165) is 22.4 Å². The van der Waals surface area contributed by atoms with Crippen LogP contribution in [0.1, 0.15) is 23.6 Å². The molecule has 0 aliphatic heterocycles. The number of nitro groups is 1. The van der Waals surface area contributed by atoms with Gasteiger partial charge in [-0.05, 0) is 56.6 Å². The molecule has 0 aromatic heterocycles. The average Bonchev–Trinajstić information content (AvgIpc) is 2.61. The number of non-ortho nitro benzene ring substituents is 1. The van der Waals surface area contributed by atoms with Crippen molar-refractivity contribution in [3.63, 3.8) is 0 Å². The standard InChI is InChI=1S/C20H25N3O4/c1-13-10-16(11-14(2)19(13)27-5)12-22(4)15(3)20(24)21-17-6-8-18(9-7-17)23(25)26/h6-11,15H,12H2,1-5H3,(H,21,24). The second-order valence-electron chi connectivity index (χ2n) is 6.65. The van der Waals surface area contributed by atoms with Crippen molar-refractivity contribution in [3.05, 3.63) is 63.2 Å². The molecule has 1 unspecified atom stereocenters. The van der Waals surface area contributed by atoms with E-state index in [0.29, 0.717) is 12.2 Å². The Hall–Kier alpha value is -2.93. The molecule has 1 N–H and O–H groups in total. The lowest BCUT2D eigenvalue weighted by Crippen LogP contribution is -2.39. The van der Waals surface area contributed by atoms with Crippen molar-refractivity contribution in [3.8, 4) is 5.75 Å². The van der Waals surface area contributed by atoms with Gasteiger partial charge in [-0.2, -0.15) is 0 Å². The molecule has 7 nitrogen and oxygen atoms in total. The van der Waals surface area contributed by atoms with Crippen LogP contribution >= 0.6 is 0 Å². The number of nitrogens with one attached hydrogen (secondary N) is 1.